The number of methoxy groups -OCH3 is 1. The largest absolute Gasteiger partial charge is 0.496 e. The molecule has 0 saturated heterocycles. The van der Waals surface area contributed by atoms with E-state index < -0.39 is 16.0 Å². The van der Waals surface area contributed by atoms with Crippen molar-refractivity contribution in [2.75, 3.05) is 19.9 Å². The SMILES string of the molecule is COc1ccc(Br)cc1CN(C)S(=O)(=O)CCCC(=O)O. The van der Waals surface area contributed by atoms with Crippen molar-refractivity contribution >= 4 is 31.9 Å². The minimum absolute atomic E-state index is 0.0949. The number of halogens is 1. The lowest BCUT2D eigenvalue weighted by Gasteiger charge is -2.18. The Labute approximate surface area is 132 Å². The van der Waals surface area contributed by atoms with Gasteiger partial charge in [0, 0.05) is 30.0 Å². The highest BCUT2D eigenvalue weighted by Gasteiger charge is 2.19. The van der Waals surface area contributed by atoms with E-state index in [-0.39, 0.29) is 25.1 Å². The van der Waals surface area contributed by atoms with Crippen molar-refractivity contribution in [3.8, 4) is 5.75 Å². The van der Waals surface area contributed by atoms with Crippen LogP contribution in [0.3, 0.4) is 0 Å². The summed E-state index contributed by atoms with van der Waals surface area (Å²) in [5.41, 5.74) is 0.733. The molecule has 0 spiro atoms. The van der Waals surface area contributed by atoms with E-state index in [0.29, 0.717) is 5.75 Å². The molecule has 0 aliphatic heterocycles. The first-order valence-electron chi connectivity index (χ1n) is 6.24. The number of nitrogens with zero attached hydrogens (tertiary/aromatic N) is 1. The van der Waals surface area contributed by atoms with Gasteiger partial charge in [0.2, 0.25) is 10.0 Å². The van der Waals surface area contributed by atoms with Gasteiger partial charge >= 0.3 is 5.97 Å². The summed E-state index contributed by atoms with van der Waals surface area (Å²) in [6, 6.07) is 5.36. The average molecular weight is 380 g/mol. The van der Waals surface area contributed by atoms with Gasteiger partial charge in [-0.3, -0.25) is 4.79 Å². The van der Waals surface area contributed by atoms with Gasteiger partial charge in [-0.25, -0.2) is 12.7 Å². The fraction of sp³-hybridized carbons (Fsp3) is 0.462. The summed E-state index contributed by atoms with van der Waals surface area (Å²) in [5.74, 6) is -0.584. The number of rotatable bonds is 8. The van der Waals surface area contributed by atoms with Crippen molar-refractivity contribution in [1.29, 1.82) is 0 Å². The number of hydrogen-bond donors (Lipinski definition) is 1. The summed E-state index contributed by atoms with van der Waals surface area (Å²) in [5, 5.41) is 8.55. The Morgan fingerprint density at radius 1 is 1.43 bits per heavy atom. The normalized spacial score (nSPS) is 11.6. The van der Waals surface area contributed by atoms with E-state index in [1.807, 2.05) is 6.07 Å². The minimum Gasteiger partial charge on any atom is -0.496 e. The standard InChI is InChI=1S/C13H18BrNO5S/c1-15(21(18,19)7-3-4-13(16)17)9-10-8-11(14)5-6-12(10)20-2/h5-6,8H,3-4,7,9H2,1-2H3,(H,16,17). The Kier molecular flexibility index (Phi) is 6.63. The highest BCUT2D eigenvalue weighted by atomic mass is 79.9. The Morgan fingerprint density at radius 2 is 2.10 bits per heavy atom. The topological polar surface area (TPSA) is 83.9 Å². The van der Waals surface area contributed by atoms with E-state index in [0.717, 1.165) is 10.0 Å². The third kappa shape index (κ3) is 5.64. The summed E-state index contributed by atoms with van der Waals surface area (Å²) in [6.07, 6.45) is -0.0646. The van der Waals surface area contributed by atoms with Gasteiger partial charge in [0.25, 0.3) is 0 Å². The van der Waals surface area contributed by atoms with Crippen LogP contribution in [0.2, 0.25) is 0 Å². The monoisotopic (exact) mass is 379 g/mol. The Morgan fingerprint density at radius 3 is 2.67 bits per heavy atom. The molecule has 0 heterocycles. The maximum atomic E-state index is 12.1. The second-order valence-electron chi connectivity index (χ2n) is 4.53. The molecule has 1 N–H and O–H groups in total. The molecular weight excluding hydrogens is 362 g/mol. The first-order valence-corrected chi connectivity index (χ1v) is 8.64. The van der Waals surface area contributed by atoms with Crippen LogP contribution in [0.15, 0.2) is 22.7 Å². The number of carboxylic acids is 1. The number of ether oxygens (including phenoxy) is 1. The highest BCUT2D eigenvalue weighted by molar-refractivity contribution is 9.10. The van der Waals surface area contributed by atoms with E-state index in [4.69, 9.17) is 9.84 Å². The number of carboxylic acid groups (broad SMARTS) is 1. The molecule has 1 aromatic rings. The summed E-state index contributed by atoms with van der Waals surface area (Å²) in [6.45, 7) is 0.165. The second-order valence-corrected chi connectivity index (χ2v) is 7.64. The Hall–Kier alpha value is -1.12. The first kappa shape index (κ1) is 17.9. The molecule has 0 saturated carbocycles. The van der Waals surface area contributed by atoms with Crippen LogP contribution < -0.4 is 4.74 Å². The summed E-state index contributed by atoms with van der Waals surface area (Å²) < 4.78 is 31.4. The number of sulfonamides is 1. The molecule has 0 bridgehead atoms. The van der Waals surface area contributed by atoms with Gasteiger partial charge in [-0.2, -0.15) is 0 Å². The van der Waals surface area contributed by atoms with Gasteiger partial charge in [0.15, 0.2) is 0 Å². The van der Waals surface area contributed by atoms with Gasteiger partial charge in [0.1, 0.15) is 5.75 Å². The molecule has 0 fully saturated rings. The second kappa shape index (κ2) is 7.77. The molecule has 8 heteroatoms. The molecule has 1 aromatic carbocycles. The molecule has 21 heavy (non-hydrogen) atoms. The maximum Gasteiger partial charge on any atom is 0.303 e. The van der Waals surface area contributed by atoms with Gasteiger partial charge in [-0.05, 0) is 24.6 Å². The van der Waals surface area contributed by atoms with Crippen LogP contribution in [0.25, 0.3) is 0 Å². The predicted octanol–water partition coefficient (Wildman–Crippen LogP) is 2.08. The molecule has 0 amide bonds. The molecule has 1 rings (SSSR count). The zero-order valence-corrected chi connectivity index (χ0v) is 14.3. The highest BCUT2D eigenvalue weighted by Crippen LogP contribution is 2.24. The van der Waals surface area contributed by atoms with Crippen LogP contribution in [-0.2, 0) is 21.4 Å². The minimum atomic E-state index is -3.49. The van der Waals surface area contributed by atoms with Gasteiger partial charge < -0.3 is 9.84 Å². The summed E-state index contributed by atoms with van der Waals surface area (Å²) in [4.78, 5) is 10.4. The van der Waals surface area contributed by atoms with Gasteiger partial charge in [0.05, 0.1) is 12.9 Å². The average Bonchev–Trinajstić information content (AvgIpc) is 2.38. The van der Waals surface area contributed by atoms with Crippen LogP contribution in [0.5, 0.6) is 5.75 Å². The van der Waals surface area contributed by atoms with Gasteiger partial charge in [-0.15, -0.1) is 0 Å². The third-order valence-electron chi connectivity index (χ3n) is 2.90. The van der Waals surface area contributed by atoms with Crippen molar-refractivity contribution in [2.45, 2.75) is 19.4 Å². The molecule has 0 atom stereocenters. The molecule has 0 aliphatic carbocycles. The fourth-order valence-corrected chi connectivity index (χ4v) is 3.34. The van der Waals surface area contributed by atoms with Crippen LogP contribution in [0, 0.1) is 0 Å². The quantitative estimate of drug-likeness (QED) is 0.747. The number of carbonyl (C=O) groups is 1. The molecule has 6 nitrogen and oxygen atoms in total. The van der Waals surface area contributed by atoms with Crippen LogP contribution in [-0.4, -0.2) is 43.7 Å². The van der Waals surface area contributed by atoms with E-state index in [1.165, 1.54) is 18.5 Å². The third-order valence-corrected chi connectivity index (χ3v) is 5.28. The van der Waals surface area contributed by atoms with Gasteiger partial charge in [-0.1, -0.05) is 15.9 Å². The molecule has 0 unspecified atom stereocenters. The van der Waals surface area contributed by atoms with E-state index in [1.54, 1.807) is 12.1 Å². The number of benzene rings is 1. The van der Waals surface area contributed by atoms with Crippen LogP contribution in [0.4, 0.5) is 0 Å². The maximum absolute atomic E-state index is 12.1. The molecule has 0 radical (unpaired) electrons. The van der Waals surface area contributed by atoms with Crippen molar-refractivity contribution in [1.82, 2.24) is 4.31 Å². The van der Waals surface area contributed by atoms with Crippen molar-refractivity contribution in [3.05, 3.63) is 28.2 Å². The summed E-state index contributed by atoms with van der Waals surface area (Å²) in [7, 11) is -0.502. The Balaban J connectivity index is 2.77. The predicted molar refractivity (Wildman–Crippen MR) is 82.8 cm³/mol. The molecule has 118 valence electrons. The lowest BCUT2D eigenvalue weighted by atomic mass is 10.2. The first-order chi connectivity index (χ1) is 9.76. The lowest BCUT2D eigenvalue weighted by Crippen LogP contribution is -2.29. The van der Waals surface area contributed by atoms with Crippen LogP contribution in [0.1, 0.15) is 18.4 Å². The zero-order chi connectivity index (χ0) is 16.0. The summed E-state index contributed by atoms with van der Waals surface area (Å²) >= 11 is 3.33. The molecule has 0 aliphatic rings. The Bertz CT molecular complexity index is 603. The smallest absolute Gasteiger partial charge is 0.303 e. The van der Waals surface area contributed by atoms with Crippen LogP contribution >= 0.6 is 15.9 Å². The molecule has 0 aromatic heterocycles. The zero-order valence-electron chi connectivity index (χ0n) is 11.9. The molecular formula is C13H18BrNO5S. The van der Waals surface area contributed by atoms with Crippen molar-refractivity contribution in [3.63, 3.8) is 0 Å². The number of hydrogen-bond acceptors (Lipinski definition) is 4. The van der Waals surface area contributed by atoms with E-state index in [2.05, 4.69) is 15.9 Å². The van der Waals surface area contributed by atoms with Crippen molar-refractivity contribution in [2.24, 2.45) is 0 Å². The lowest BCUT2D eigenvalue weighted by molar-refractivity contribution is -0.137. The number of aliphatic carboxylic acids is 1. The van der Waals surface area contributed by atoms with E-state index >= 15 is 0 Å². The van der Waals surface area contributed by atoms with E-state index in [9.17, 15) is 13.2 Å². The van der Waals surface area contributed by atoms with Crippen molar-refractivity contribution < 1.29 is 23.1 Å². The fourth-order valence-electron chi connectivity index (χ4n) is 1.77.